The molecule has 1 fully saturated rings. The Morgan fingerprint density at radius 1 is 0.789 bits per heavy atom. The van der Waals surface area contributed by atoms with E-state index < -0.39 is 0 Å². The zero-order valence-electron chi connectivity index (χ0n) is 13.6. The van der Waals surface area contributed by atoms with Crippen molar-refractivity contribution in [3.8, 4) is 0 Å². The normalized spacial score (nSPS) is 19.5. The van der Waals surface area contributed by atoms with Crippen molar-refractivity contribution in [3.05, 3.63) is 0 Å². The van der Waals surface area contributed by atoms with Gasteiger partial charge < -0.3 is 0 Å². The maximum Gasteiger partial charge on any atom is 0.138 e. The number of Topliss-reactive ketones (excluding diaryl/α,β-unsaturated/α-hetero) is 2. The Hall–Kier alpha value is -0.660. The average Bonchev–Trinajstić information content (AvgIpc) is 2.63. The fourth-order valence-electron chi connectivity index (χ4n) is 2.75. The Labute approximate surface area is 118 Å². The van der Waals surface area contributed by atoms with Crippen molar-refractivity contribution in [2.24, 2.45) is 16.2 Å². The SMILES string of the molecule is CC(C)(C)C(=O)CC1(CC(=O)C(C)(C)C)CCCC1. The van der Waals surface area contributed by atoms with E-state index in [4.69, 9.17) is 0 Å². The Bertz CT molecular complexity index is 316. The van der Waals surface area contributed by atoms with E-state index in [0.717, 1.165) is 25.7 Å². The van der Waals surface area contributed by atoms with Crippen LogP contribution in [-0.2, 0) is 9.59 Å². The monoisotopic (exact) mass is 266 g/mol. The van der Waals surface area contributed by atoms with Gasteiger partial charge in [0.15, 0.2) is 0 Å². The molecule has 0 aromatic rings. The van der Waals surface area contributed by atoms with E-state index in [0.29, 0.717) is 24.4 Å². The molecule has 1 aliphatic rings. The van der Waals surface area contributed by atoms with Crippen molar-refractivity contribution in [3.63, 3.8) is 0 Å². The van der Waals surface area contributed by atoms with Gasteiger partial charge in [0.05, 0.1) is 0 Å². The van der Waals surface area contributed by atoms with E-state index in [-0.39, 0.29) is 16.2 Å². The van der Waals surface area contributed by atoms with E-state index in [9.17, 15) is 9.59 Å². The van der Waals surface area contributed by atoms with E-state index in [1.54, 1.807) is 0 Å². The van der Waals surface area contributed by atoms with Gasteiger partial charge in [-0.2, -0.15) is 0 Å². The summed E-state index contributed by atoms with van der Waals surface area (Å²) in [5.74, 6) is 0.604. The molecule has 0 N–H and O–H groups in total. The van der Waals surface area contributed by atoms with Crippen molar-refractivity contribution in [2.75, 3.05) is 0 Å². The quantitative estimate of drug-likeness (QED) is 0.747. The van der Waals surface area contributed by atoms with Crippen LogP contribution in [-0.4, -0.2) is 11.6 Å². The molecule has 0 unspecified atom stereocenters. The zero-order valence-corrected chi connectivity index (χ0v) is 13.6. The van der Waals surface area contributed by atoms with Gasteiger partial charge in [0.25, 0.3) is 0 Å². The smallest absolute Gasteiger partial charge is 0.138 e. The lowest BCUT2D eigenvalue weighted by Gasteiger charge is -2.33. The van der Waals surface area contributed by atoms with E-state index in [1.165, 1.54) is 0 Å². The summed E-state index contributed by atoms with van der Waals surface area (Å²) < 4.78 is 0. The maximum absolute atomic E-state index is 12.3. The number of hydrogen-bond donors (Lipinski definition) is 0. The zero-order chi connectivity index (χ0) is 14.9. The summed E-state index contributed by atoms with van der Waals surface area (Å²) in [6, 6.07) is 0. The third-order valence-corrected chi connectivity index (χ3v) is 4.41. The summed E-state index contributed by atoms with van der Waals surface area (Å²) in [6.45, 7) is 11.9. The van der Waals surface area contributed by atoms with Crippen LogP contribution in [0.3, 0.4) is 0 Å². The molecule has 1 aliphatic carbocycles. The minimum absolute atomic E-state index is 0.0469. The minimum Gasteiger partial charge on any atom is -0.299 e. The van der Waals surface area contributed by atoms with Gasteiger partial charge in [-0.1, -0.05) is 54.4 Å². The van der Waals surface area contributed by atoms with E-state index >= 15 is 0 Å². The van der Waals surface area contributed by atoms with Crippen LogP contribution in [0.5, 0.6) is 0 Å². The summed E-state index contributed by atoms with van der Waals surface area (Å²) in [7, 11) is 0. The maximum atomic E-state index is 12.3. The lowest BCUT2D eigenvalue weighted by molar-refractivity contribution is -0.132. The van der Waals surface area contributed by atoms with Gasteiger partial charge >= 0.3 is 0 Å². The van der Waals surface area contributed by atoms with Crippen LogP contribution in [0.4, 0.5) is 0 Å². The topological polar surface area (TPSA) is 34.1 Å². The molecule has 0 aliphatic heterocycles. The molecule has 2 nitrogen and oxygen atoms in total. The molecule has 0 spiro atoms. The van der Waals surface area contributed by atoms with Crippen molar-refractivity contribution in [2.45, 2.75) is 80.1 Å². The van der Waals surface area contributed by atoms with Crippen LogP contribution in [0.25, 0.3) is 0 Å². The molecule has 0 aromatic carbocycles. The highest BCUT2D eigenvalue weighted by atomic mass is 16.1. The van der Waals surface area contributed by atoms with Gasteiger partial charge in [-0.05, 0) is 18.3 Å². The van der Waals surface area contributed by atoms with Crippen molar-refractivity contribution >= 4 is 11.6 Å². The Balaban J connectivity index is 2.82. The van der Waals surface area contributed by atoms with Gasteiger partial charge in [0.2, 0.25) is 0 Å². The van der Waals surface area contributed by atoms with E-state index in [1.807, 2.05) is 41.5 Å². The first kappa shape index (κ1) is 16.4. The number of hydrogen-bond acceptors (Lipinski definition) is 2. The highest BCUT2D eigenvalue weighted by molar-refractivity contribution is 5.87. The van der Waals surface area contributed by atoms with Crippen LogP contribution in [0.2, 0.25) is 0 Å². The standard InChI is InChI=1S/C17H30O2/c1-15(2,3)13(18)11-17(9-7-8-10-17)12-14(19)16(4,5)6/h7-12H2,1-6H3. The van der Waals surface area contributed by atoms with Crippen LogP contribution in [0, 0.1) is 16.2 Å². The molecule has 0 atom stereocenters. The second kappa shape index (κ2) is 5.38. The van der Waals surface area contributed by atoms with Crippen LogP contribution >= 0.6 is 0 Å². The van der Waals surface area contributed by atoms with Crippen molar-refractivity contribution < 1.29 is 9.59 Å². The number of ketones is 2. The second-order valence-corrected chi connectivity index (χ2v) is 8.41. The van der Waals surface area contributed by atoms with Crippen LogP contribution in [0.15, 0.2) is 0 Å². The molecule has 19 heavy (non-hydrogen) atoms. The van der Waals surface area contributed by atoms with Crippen LogP contribution in [0.1, 0.15) is 80.1 Å². The first-order valence-corrected chi connectivity index (χ1v) is 7.53. The van der Waals surface area contributed by atoms with Gasteiger partial charge in [-0.25, -0.2) is 0 Å². The average molecular weight is 266 g/mol. The lowest BCUT2D eigenvalue weighted by Crippen LogP contribution is -2.33. The molecule has 0 heterocycles. The third kappa shape index (κ3) is 4.43. The van der Waals surface area contributed by atoms with Gasteiger partial charge in [-0.3, -0.25) is 9.59 Å². The fraction of sp³-hybridized carbons (Fsp3) is 0.882. The highest BCUT2D eigenvalue weighted by Gasteiger charge is 2.41. The largest absolute Gasteiger partial charge is 0.299 e. The molecule has 110 valence electrons. The molecule has 0 saturated heterocycles. The predicted octanol–water partition coefficient (Wildman–Crippen LogP) is 4.56. The summed E-state index contributed by atoms with van der Waals surface area (Å²) in [5, 5.41) is 0. The Kier molecular flexibility index (Phi) is 4.64. The van der Waals surface area contributed by atoms with E-state index in [2.05, 4.69) is 0 Å². The minimum atomic E-state index is -0.291. The summed E-state index contributed by atoms with van der Waals surface area (Å²) in [4.78, 5) is 24.7. The predicted molar refractivity (Wildman–Crippen MR) is 79.1 cm³/mol. The molecule has 0 aromatic heterocycles. The lowest BCUT2D eigenvalue weighted by atomic mass is 9.70. The molecule has 1 rings (SSSR count). The highest BCUT2D eigenvalue weighted by Crippen LogP contribution is 2.47. The number of rotatable bonds is 4. The summed E-state index contributed by atoms with van der Waals surface area (Å²) in [6.07, 6.45) is 5.56. The molecule has 0 bridgehead atoms. The second-order valence-electron chi connectivity index (χ2n) is 8.41. The molecule has 0 amide bonds. The van der Waals surface area contributed by atoms with Gasteiger partial charge in [0.1, 0.15) is 11.6 Å². The Morgan fingerprint density at radius 3 is 1.37 bits per heavy atom. The van der Waals surface area contributed by atoms with Crippen LogP contribution < -0.4 is 0 Å². The fourth-order valence-corrected chi connectivity index (χ4v) is 2.75. The number of carbonyl (C=O) groups is 2. The molecule has 0 radical (unpaired) electrons. The first-order valence-electron chi connectivity index (χ1n) is 7.53. The Morgan fingerprint density at radius 2 is 1.11 bits per heavy atom. The van der Waals surface area contributed by atoms with Crippen molar-refractivity contribution in [1.82, 2.24) is 0 Å². The van der Waals surface area contributed by atoms with Gasteiger partial charge in [0, 0.05) is 23.7 Å². The number of carbonyl (C=O) groups excluding carboxylic acids is 2. The third-order valence-electron chi connectivity index (χ3n) is 4.41. The summed E-state index contributed by atoms with van der Waals surface area (Å²) in [5.41, 5.74) is -0.629. The summed E-state index contributed by atoms with van der Waals surface area (Å²) >= 11 is 0. The molecule has 2 heteroatoms. The van der Waals surface area contributed by atoms with Gasteiger partial charge in [-0.15, -0.1) is 0 Å². The first-order chi connectivity index (χ1) is 8.46. The molecule has 1 saturated carbocycles. The molecular formula is C17H30O2. The van der Waals surface area contributed by atoms with Crippen molar-refractivity contribution in [1.29, 1.82) is 0 Å². The molecular weight excluding hydrogens is 236 g/mol.